The highest BCUT2D eigenvalue weighted by atomic mass is 35.5. The van der Waals surface area contributed by atoms with Crippen molar-refractivity contribution in [1.82, 2.24) is 14.7 Å². The number of nitrogens with one attached hydrogen (secondary N) is 1. The van der Waals surface area contributed by atoms with Gasteiger partial charge in [0.05, 0.1) is 0 Å². The lowest BCUT2D eigenvalue weighted by Crippen LogP contribution is -2.23. The van der Waals surface area contributed by atoms with Crippen LogP contribution in [0, 0.1) is 18.6 Å². The molecular weight excluding hydrogens is 430 g/mol. The molecule has 158 valence electrons. The first-order valence-corrected chi connectivity index (χ1v) is 9.57. The zero-order chi connectivity index (χ0) is 22.1. The van der Waals surface area contributed by atoms with E-state index in [-0.39, 0.29) is 41.2 Å². The predicted molar refractivity (Wildman–Crippen MR) is 111 cm³/mol. The fourth-order valence-corrected chi connectivity index (χ4v) is 3.22. The van der Waals surface area contributed by atoms with Gasteiger partial charge >= 0.3 is 0 Å². The van der Waals surface area contributed by atoms with Crippen LogP contribution in [0.5, 0.6) is 0 Å². The molecule has 0 saturated heterocycles. The van der Waals surface area contributed by atoms with E-state index in [1.165, 1.54) is 10.9 Å². The van der Waals surface area contributed by atoms with Gasteiger partial charge in [-0.3, -0.25) is 14.2 Å². The zero-order valence-electron chi connectivity index (χ0n) is 16.2. The molecule has 4 aromatic rings. The summed E-state index contributed by atoms with van der Waals surface area (Å²) in [4.78, 5) is 29.2. The van der Waals surface area contributed by atoms with E-state index in [0.717, 1.165) is 17.7 Å². The van der Waals surface area contributed by atoms with E-state index < -0.39 is 17.2 Å². The molecule has 0 spiro atoms. The Kier molecular flexibility index (Phi) is 5.51. The number of hydrogen-bond acceptors (Lipinski definition) is 5. The molecule has 0 bridgehead atoms. The predicted octanol–water partition coefficient (Wildman–Crippen LogP) is 4.32. The van der Waals surface area contributed by atoms with Crippen molar-refractivity contribution < 1.29 is 18.1 Å². The molecule has 1 N–H and O–H groups in total. The van der Waals surface area contributed by atoms with E-state index in [9.17, 15) is 18.4 Å². The second kappa shape index (κ2) is 8.27. The molecule has 4 rings (SSSR count). The lowest BCUT2D eigenvalue weighted by molar-refractivity contribution is -0.116. The van der Waals surface area contributed by atoms with Gasteiger partial charge < -0.3 is 9.84 Å². The van der Waals surface area contributed by atoms with E-state index in [0.29, 0.717) is 16.8 Å². The maximum atomic E-state index is 13.6. The van der Waals surface area contributed by atoms with Crippen molar-refractivity contribution in [2.24, 2.45) is 0 Å². The van der Waals surface area contributed by atoms with Crippen LogP contribution in [0.3, 0.4) is 0 Å². The molecule has 7 nitrogen and oxygen atoms in total. The Morgan fingerprint density at radius 1 is 1.19 bits per heavy atom. The average molecular weight is 445 g/mol. The third-order valence-electron chi connectivity index (χ3n) is 4.63. The fourth-order valence-electron chi connectivity index (χ4n) is 3.04. The van der Waals surface area contributed by atoms with Crippen LogP contribution in [-0.4, -0.2) is 20.6 Å². The summed E-state index contributed by atoms with van der Waals surface area (Å²) in [6.07, 6.45) is 1.20. The Morgan fingerprint density at radius 3 is 2.65 bits per heavy atom. The Hall–Kier alpha value is -3.59. The largest absolute Gasteiger partial charge is 0.335 e. The van der Waals surface area contributed by atoms with Gasteiger partial charge in [0.2, 0.25) is 5.91 Å². The monoisotopic (exact) mass is 444 g/mol. The van der Waals surface area contributed by atoms with Crippen LogP contribution in [0.1, 0.15) is 12.0 Å². The summed E-state index contributed by atoms with van der Waals surface area (Å²) in [5.74, 6) is -1.96. The normalized spacial score (nSPS) is 11.1. The quantitative estimate of drug-likeness (QED) is 0.495. The van der Waals surface area contributed by atoms with E-state index >= 15 is 0 Å². The molecular formula is C21H15ClF2N4O3. The highest BCUT2D eigenvalue weighted by Crippen LogP contribution is 2.26. The summed E-state index contributed by atoms with van der Waals surface area (Å²) in [6.45, 7) is 1.87. The van der Waals surface area contributed by atoms with Gasteiger partial charge in [0.25, 0.3) is 11.3 Å². The number of nitrogens with zero attached hydrogens (tertiary/aromatic N) is 3. The van der Waals surface area contributed by atoms with Crippen LogP contribution in [0.2, 0.25) is 5.02 Å². The number of carbonyl (C=O) groups is 1. The molecule has 31 heavy (non-hydrogen) atoms. The van der Waals surface area contributed by atoms with E-state index in [4.69, 9.17) is 16.1 Å². The molecule has 0 unspecified atom stereocenters. The molecule has 2 aromatic carbocycles. The number of aromatic nitrogens is 3. The number of amides is 1. The molecule has 0 aliphatic heterocycles. The Balaban J connectivity index is 1.57. The summed E-state index contributed by atoms with van der Waals surface area (Å²) in [7, 11) is 0. The van der Waals surface area contributed by atoms with Crippen LogP contribution >= 0.6 is 11.6 Å². The van der Waals surface area contributed by atoms with Gasteiger partial charge in [-0.05, 0) is 36.8 Å². The minimum absolute atomic E-state index is 0.0200. The number of hydrogen-bond donors (Lipinski definition) is 1. The van der Waals surface area contributed by atoms with Gasteiger partial charge in [0, 0.05) is 35.3 Å². The van der Waals surface area contributed by atoms with Gasteiger partial charge in [-0.15, -0.1) is 0 Å². The number of fused-ring (bicyclic) bond motifs is 1. The SMILES string of the molecule is Cc1ccc(NC(=O)CCn2cnc3onc(-c4cc(F)cc(F)c4)c3c2=O)cc1Cl. The maximum Gasteiger partial charge on any atom is 0.266 e. The zero-order valence-corrected chi connectivity index (χ0v) is 16.9. The molecule has 0 fully saturated rings. The maximum absolute atomic E-state index is 13.6. The third-order valence-corrected chi connectivity index (χ3v) is 5.04. The van der Waals surface area contributed by atoms with Crippen molar-refractivity contribution in [3.05, 3.63) is 75.3 Å². The van der Waals surface area contributed by atoms with E-state index in [2.05, 4.69) is 15.5 Å². The van der Waals surface area contributed by atoms with Crippen LogP contribution in [0.25, 0.3) is 22.4 Å². The summed E-state index contributed by atoms with van der Waals surface area (Å²) >= 11 is 6.05. The van der Waals surface area contributed by atoms with Gasteiger partial charge in [0.15, 0.2) is 0 Å². The molecule has 0 aliphatic rings. The van der Waals surface area contributed by atoms with Crippen molar-refractivity contribution >= 4 is 34.3 Å². The van der Waals surface area contributed by atoms with Gasteiger partial charge in [-0.1, -0.05) is 22.8 Å². The Bertz CT molecular complexity index is 1350. The molecule has 2 heterocycles. The van der Waals surface area contributed by atoms with E-state index in [1.807, 2.05) is 6.92 Å². The standard InChI is InChI=1S/C21H15ClF2N4O3/c1-11-2-3-15(9-16(11)22)26-17(29)4-5-28-10-25-20-18(21(28)30)19(27-31-20)12-6-13(23)8-14(24)7-12/h2-3,6-10H,4-5H2,1H3,(H,26,29). The molecule has 0 radical (unpaired) electrons. The third kappa shape index (κ3) is 4.31. The number of aryl methyl sites for hydroxylation is 2. The second-order valence-electron chi connectivity index (χ2n) is 6.87. The highest BCUT2D eigenvalue weighted by molar-refractivity contribution is 6.31. The van der Waals surface area contributed by atoms with Crippen molar-refractivity contribution in [3.63, 3.8) is 0 Å². The van der Waals surface area contributed by atoms with Crippen LogP contribution in [0.4, 0.5) is 14.5 Å². The van der Waals surface area contributed by atoms with Crippen LogP contribution in [0.15, 0.2) is 52.0 Å². The summed E-state index contributed by atoms with van der Waals surface area (Å²) < 4.78 is 33.4. The topological polar surface area (TPSA) is 90.0 Å². The molecule has 10 heteroatoms. The van der Waals surface area contributed by atoms with Crippen molar-refractivity contribution in [2.45, 2.75) is 19.9 Å². The molecule has 1 amide bonds. The summed E-state index contributed by atoms with van der Waals surface area (Å²) in [5, 5.41) is 6.94. The number of carbonyl (C=O) groups excluding carboxylic acids is 1. The molecule has 0 saturated carbocycles. The molecule has 0 aliphatic carbocycles. The lowest BCUT2D eigenvalue weighted by atomic mass is 10.1. The van der Waals surface area contributed by atoms with Crippen molar-refractivity contribution in [2.75, 3.05) is 5.32 Å². The second-order valence-corrected chi connectivity index (χ2v) is 7.28. The highest BCUT2D eigenvalue weighted by Gasteiger charge is 2.18. The summed E-state index contributed by atoms with van der Waals surface area (Å²) in [6, 6.07) is 7.93. The minimum atomic E-state index is -0.816. The summed E-state index contributed by atoms with van der Waals surface area (Å²) in [5.41, 5.74) is 0.821. The number of benzene rings is 2. The van der Waals surface area contributed by atoms with E-state index in [1.54, 1.807) is 18.2 Å². The molecule has 2 aromatic heterocycles. The number of rotatable bonds is 5. The van der Waals surface area contributed by atoms with Gasteiger partial charge in [0.1, 0.15) is 29.0 Å². The van der Waals surface area contributed by atoms with Gasteiger partial charge in [-0.2, -0.15) is 0 Å². The average Bonchev–Trinajstić information content (AvgIpc) is 3.15. The van der Waals surface area contributed by atoms with Crippen molar-refractivity contribution in [1.29, 1.82) is 0 Å². The fraction of sp³-hybridized carbons (Fsp3) is 0.143. The minimum Gasteiger partial charge on any atom is -0.335 e. The number of anilines is 1. The lowest BCUT2D eigenvalue weighted by Gasteiger charge is -2.08. The van der Waals surface area contributed by atoms with Gasteiger partial charge in [-0.25, -0.2) is 13.8 Å². The van der Waals surface area contributed by atoms with Crippen LogP contribution < -0.4 is 10.9 Å². The van der Waals surface area contributed by atoms with Crippen molar-refractivity contribution in [3.8, 4) is 11.3 Å². The number of halogens is 3. The first-order chi connectivity index (χ1) is 14.8. The smallest absolute Gasteiger partial charge is 0.266 e. The first-order valence-electron chi connectivity index (χ1n) is 9.19. The Morgan fingerprint density at radius 2 is 1.94 bits per heavy atom. The molecule has 0 atom stereocenters. The van der Waals surface area contributed by atoms with Crippen LogP contribution in [-0.2, 0) is 11.3 Å². The first kappa shape index (κ1) is 20.7. The Labute approximate surface area is 179 Å².